The summed E-state index contributed by atoms with van der Waals surface area (Å²) in [7, 11) is 0. The number of carbonyl (C=O) groups is 2. The predicted molar refractivity (Wildman–Crippen MR) is 63.9 cm³/mol. The molecule has 2 aromatic rings. The van der Waals surface area contributed by atoms with Crippen LogP contribution in [0.2, 0.25) is 0 Å². The summed E-state index contributed by atoms with van der Waals surface area (Å²) in [5, 5.41) is 10.8. The van der Waals surface area contributed by atoms with E-state index in [2.05, 4.69) is 4.37 Å². The smallest absolute Gasteiger partial charge is 0.471 e. The number of hydrogen-bond donors (Lipinski definition) is 2. The van der Waals surface area contributed by atoms with Crippen LogP contribution in [0.5, 0.6) is 0 Å². The van der Waals surface area contributed by atoms with Gasteiger partial charge in [-0.25, -0.2) is 4.79 Å². The number of anilines is 1. The third-order valence-electron chi connectivity index (χ3n) is 2.20. The van der Waals surface area contributed by atoms with Crippen LogP contribution in [0.15, 0.2) is 0 Å². The van der Waals surface area contributed by atoms with Crippen LogP contribution in [0.3, 0.4) is 0 Å². The van der Waals surface area contributed by atoms with Crippen molar-refractivity contribution in [3.63, 3.8) is 0 Å². The molecule has 0 aromatic carbocycles. The lowest BCUT2D eigenvalue weighted by Crippen LogP contribution is -2.30. The Bertz CT molecular complexity index is 674. The number of aromatic nitrogens is 1. The summed E-state index contributed by atoms with van der Waals surface area (Å²) in [5.41, 5.74) is -0.346. The molecule has 2 heterocycles. The fraction of sp³-hybridized carbons (Fsp3) is 0.222. The quantitative estimate of drug-likeness (QED) is 0.894. The normalized spacial score (nSPS) is 11.8. The molecule has 2 N–H and O–H groups in total. The number of hydrogen-bond acceptors (Lipinski definition) is 5. The molecule has 102 valence electrons. The fourth-order valence-corrected chi connectivity index (χ4v) is 3.24. The van der Waals surface area contributed by atoms with Crippen LogP contribution in [0.4, 0.5) is 18.9 Å². The van der Waals surface area contributed by atoms with Gasteiger partial charge in [0.05, 0.1) is 11.1 Å². The van der Waals surface area contributed by atoms with Crippen LogP contribution >= 0.6 is 22.9 Å². The number of carboxylic acids is 1. The van der Waals surface area contributed by atoms with Crippen molar-refractivity contribution in [3.05, 3.63) is 9.75 Å². The molecule has 0 bridgehead atoms. The lowest BCUT2D eigenvalue weighted by Gasteiger charge is -2.07. The molecule has 0 aliphatic heterocycles. The monoisotopic (exact) mass is 310 g/mol. The van der Waals surface area contributed by atoms with Crippen molar-refractivity contribution in [1.82, 2.24) is 4.37 Å². The number of aromatic carboxylic acids is 1. The largest absolute Gasteiger partial charge is 0.477 e. The van der Waals surface area contributed by atoms with Crippen LogP contribution in [-0.2, 0) is 4.79 Å². The second-order valence-electron chi connectivity index (χ2n) is 3.48. The number of carboxylic acid groups (broad SMARTS) is 1. The van der Waals surface area contributed by atoms with Gasteiger partial charge in [-0.05, 0) is 18.5 Å². The van der Waals surface area contributed by atoms with Crippen molar-refractivity contribution >= 4 is 50.6 Å². The molecule has 0 aliphatic carbocycles. The maximum atomic E-state index is 12.2. The van der Waals surface area contributed by atoms with E-state index in [4.69, 9.17) is 5.11 Å². The number of nitrogens with one attached hydrogen (secondary N) is 1. The van der Waals surface area contributed by atoms with Crippen molar-refractivity contribution in [2.45, 2.75) is 13.1 Å². The van der Waals surface area contributed by atoms with Crippen molar-refractivity contribution in [3.8, 4) is 0 Å². The molecule has 0 spiro atoms. The molecule has 0 radical (unpaired) electrons. The van der Waals surface area contributed by atoms with Gasteiger partial charge in [-0.3, -0.25) is 4.79 Å². The summed E-state index contributed by atoms with van der Waals surface area (Å²) in [6, 6.07) is 0. The summed E-state index contributed by atoms with van der Waals surface area (Å²) in [5.74, 6) is -3.62. The van der Waals surface area contributed by atoms with Gasteiger partial charge in [0.15, 0.2) is 0 Å². The maximum absolute atomic E-state index is 12.2. The minimum atomic E-state index is -5.08. The number of amides is 1. The number of nitrogens with zero attached hydrogens (tertiary/aromatic N) is 1. The highest BCUT2D eigenvalue weighted by Gasteiger charge is 2.40. The minimum absolute atomic E-state index is 0.241. The van der Waals surface area contributed by atoms with Gasteiger partial charge >= 0.3 is 18.1 Å². The molecular weight excluding hydrogens is 305 g/mol. The van der Waals surface area contributed by atoms with Gasteiger partial charge in [0.2, 0.25) is 0 Å². The standard InChI is InChI=1S/C9H5F3N2O3S2/c1-2-3-4(13-8(17)9(10,11)12)5(7(15)16)18-6(3)14-19-2/h1H3,(H,13,17)(H,15,16). The number of halogens is 3. The van der Waals surface area contributed by atoms with E-state index in [0.717, 1.165) is 22.9 Å². The molecular formula is C9H5F3N2O3S2. The topological polar surface area (TPSA) is 79.3 Å². The summed E-state index contributed by atoms with van der Waals surface area (Å²) < 4.78 is 40.6. The first-order chi connectivity index (χ1) is 8.71. The van der Waals surface area contributed by atoms with Crippen molar-refractivity contribution in [2.75, 3.05) is 5.32 Å². The van der Waals surface area contributed by atoms with Gasteiger partial charge in [-0.2, -0.15) is 17.5 Å². The predicted octanol–water partition coefficient (Wildman–Crippen LogP) is 2.87. The van der Waals surface area contributed by atoms with Gasteiger partial charge in [-0.1, -0.05) is 0 Å². The van der Waals surface area contributed by atoms with Crippen LogP contribution < -0.4 is 5.32 Å². The number of alkyl halides is 3. The van der Waals surface area contributed by atoms with E-state index in [-0.39, 0.29) is 20.8 Å². The molecule has 0 saturated heterocycles. The average Bonchev–Trinajstić information content (AvgIpc) is 2.79. The van der Waals surface area contributed by atoms with Crippen LogP contribution in [0.25, 0.3) is 10.2 Å². The SMILES string of the molecule is Cc1snc2sc(C(=O)O)c(NC(=O)C(F)(F)F)c12. The summed E-state index contributed by atoms with van der Waals surface area (Å²) in [6.07, 6.45) is -5.08. The fourth-order valence-electron chi connectivity index (χ4n) is 1.42. The minimum Gasteiger partial charge on any atom is -0.477 e. The Balaban J connectivity index is 2.56. The maximum Gasteiger partial charge on any atom is 0.471 e. The summed E-state index contributed by atoms with van der Waals surface area (Å²) >= 11 is 1.75. The van der Waals surface area contributed by atoms with Crippen LogP contribution in [0, 0.1) is 6.92 Å². The second-order valence-corrected chi connectivity index (χ2v) is 5.46. The molecule has 0 atom stereocenters. The van der Waals surface area contributed by atoms with Crippen molar-refractivity contribution in [2.24, 2.45) is 0 Å². The zero-order valence-corrected chi connectivity index (χ0v) is 10.8. The average molecular weight is 310 g/mol. The van der Waals surface area contributed by atoms with Gasteiger partial charge in [-0.15, -0.1) is 11.3 Å². The molecule has 0 saturated carbocycles. The third kappa shape index (κ3) is 2.40. The number of thiophene rings is 1. The Morgan fingerprint density at radius 1 is 1.37 bits per heavy atom. The Kier molecular flexibility index (Phi) is 3.22. The van der Waals surface area contributed by atoms with E-state index in [9.17, 15) is 22.8 Å². The molecule has 1 amide bonds. The highest BCUT2D eigenvalue weighted by molar-refractivity contribution is 7.23. The third-order valence-corrected chi connectivity index (χ3v) is 4.14. The summed E-state index contributed by atoms with van der Waals surface area (Å²) in [4.78, 5) is 22.4. The molecule has 0 unspecified atom stereocenters. The molecule has 2 aromatic heterocycles. The molecule has 5 nitrogen and oxygen atoms in total. The van der Waals surface area contributed by atoms with Gasteiger partial charge in [0.25, 0.3) is 0 Å². The van der Waals surface area contributed by atoms with Crippen molar-refractivity contribution in [1.29, 1.82) is 0 Å². The molecule has 10 heteroatoms. The van der Waals surface area contributed by atoms with Crippen molar-refractivity contribution < 1.29 is 27.9 Å². The highest BCUT2D eigenvalue weighted by Crippen LogP contribution is 2.39. The van der Waals surface area contributed by atoms with E-state index in [1.165, 1.54) is 0 Å². The second kappa shape index (κ2) is 4.46. The van der Waals surface area contributed by atoms with Gasteiger partial charge in [0.1, 0.15) is 9.71 Å². The van der Waals surface area contributed by atoms with E-state index >= 15 is 0 Å². The zero-order valence-electron chi connectivity index (χ0n) is 9.16. The van der Waals surface area contributed by atoms with E-state index in [0.29, 0.717) is 4.88 Å². The van der Waals surface area contributed by atoms with E-state index < -0.39 is 18.1 Å². The first-order valence-electron chi connectivity index (χ1n) is 4.72. The Labute approximate surface area is 111 Å². The number of rotatable bonds is 2. The Morgan fingerprint density at radius 3 is 2.53 bits per heavy atom. The van der Waals surface area contributed by atoms with Crippen LogP contribution in [-0.4, -0.2) is 27.5 Å². The molecule has 2 rings (SSSR count). The Hall–Kier alpha value is -1.68. The van der Waals surface area contributed by atoms with Gasteiger partial charge in [0, 0.05) is 4.88 Å². The lowest BCUT2D eigenvalue weighted by atomic mass is 10.2. The lowest BCUT2D eigenvalue weighted by molar-refractivity contribution is -0.167. The Morgan fingerprint density at radius 2 is 2.00 bits per heavy atom. The van der Waals surface area contributed by atoms with E-state index in [1.807, 2.05) is 0 Å². The van der Waals surface area contributed by atoms with Crippen LogP contribution in [0.1, 0.15) is 14.5 Å². The van der Waals surface area contributed by atoms with E-state index in [1.54, 1.807) is 12.2 Å². The summed E-state index contributed by atoms with van der Waals surface area (Å²) in [6.45, 7) is 1.58. The number of fused-ring (bicyclic) bond motifs is 1. The first kappa shape index (κ1) is 13.7. The first-order valence-corrected chi connectivity index (χ1v) is 6.31. The molecule has 19 heavy (non-hydrogen) atoms. The molecule has 0 aliphatic rings. The molecule has 0 fully saturated rings. The van der Waals surface area contributed by atoms with Gasteiger partial charge < -0.3 is 10.4 Å². The number of aryl methyl sites for hydroxylation is 1. The zero-order chi connectivity index (χ0) is 14.4. The highest BCUT2D eigenvalue weighted by atomic mass is 32.1. The number of carbonyl (C=O) groups excluding carboxylic acids is 1.